The average molecular weight is 520 g/mol. The van der Waals surface area contributed by atoms with Gasteiger partial charge in [-0.2, -0.15) is 4.99 Å². The van der Waals surface area contributed by atoms with Gasteiger partial charge in [-0.15, -0.1) is 0 Å². The van der Waals surface area contributed by atoms with Crippen LogP contribution in [0.5, 0.6) is 0 Å². The number of amides is 1. The first kappa shape index (κ1) is 29.2. The van der Waals surface area contributed by atoms with Crippen LogP contribution in [0.15, 0.2) is 71.0 Å². The number of aliphatic imine (C=N–C) groups is 1. The zero-order valence-corrected chi connectivity index (χ0v) is 24.0. The molecule has 0 aromatic heterocycles. The number of amidine groups is 1. The molecule has 1 N–H and O–H groups in total. The highest BCUT2D eigenvalue weighted by atomic mass is 16.5. The largest absolute Gasteiger partial charge is 0.468 e. The van der Waals surface area contributed by atoms with Crippen molar-refractivity contribution in [2.24, 2.45) is 4.99 Å². The third-order valence-corrected chi connectivity index (χ3v) is 7.14. The van der Waals surface area contributed by atoms with Gasteiger partial charge in [-0.3, -0.25) is 4.79 Å². The fourth-order valence-corrected chi connectivity index (χ4v) is 4.74. The highest BCUT2D eigenvalue weighted by Crippen LogP contribution is 2.27. The number of hydrogen-bond acceptors (Lipinski definition) is 6. The molecule has 7 nitrogen and oxygen atoms in total. The van der Waals surface area contributed by atoms with Gasteiger partial charge in [0.15, 0.2) is 0 Å². The summed E-state index contributed by atoms with van der Waals surface area (Å²) in [6, 6.07) is 19.6. The van der Waals surface area contributed by atoms with Crippen molar-refractivity contribution < 1.29 is 9.53 Å². The van der Waals surface area contributed by atoms with Crippen LogP contribution in [0.4, 0.5) is 5.69 Å². The molecule has 0 radical (unpaired) electrons. The Morgan fingerprint density at radius 1 is 1.05 bits per heavy atom. The van der Waals surface area contributed by atoms with E-state index in [0.717, 1.165) is 37.4 Å². The van der Waals surface area contributed by atoms with Crippen molar-refractivity contribution in [2.75, 3.05) is 59.3 Å². The third-order valence-electron chi connectivity index (χ3n) is 7.14. The molecule has 0 fully saturated rings. The summed E-state index contributed by atoms with van der Waals surface area (Å²) >= 11 is 0. The molecule has 2 aliphatic rings. The molecule has 38 heavy (non-hydrogen) atoms. The molecule has 7 heteroatoms. The molecule has 4 rings (SSSR count). The van der Waals surface area contributed by atoms with Gasteiger partial charge in [0.1, 0.15) is 5.82 Å². The molecule has 2 aliphatic heterocycles. The van der Waals surface area contributed by atoms with Gasteiger partial charge in [0, 0.05) is 32.9 Å². The van der Waals surface area contributed by atoms with E-state index in [0.29, 0.717) is 30.6 Å². The molecule has 1 atom stereocenters. The van der Waals surface area contributed by atoms with Crippen LogP contribution < -0.4 is 10.2 Å². The maximum atomic E-state index is 13.3. The molecule has 2 aromatic carbocycles. The fourth-order valence-electron chi connectivity index (χ4n) is 4.74. The van der Waals surface area contributed by atoms with Gasteiger partial charge in [0.2, 0.25) is 0 Å². The van der Waals surface area contributed by atoms with Crippen LogP contribution in [0, 0.1) is 0 Å². The number of unbranched alkanes of at least 4 members (excludes halogenated alkanes) is 1. The van der Waals surface area contributed by atoms with E-state index in [4.69, 9.17) is 4.74 Å². The van der Waals surface area contributed by atoms with Crippen molar-refractivity contribution in [3.8, 4) is 0 Å². The molecule has 0 saturated heterocycles. The lowest BCUT2D eigenvalue weighted by Gasteiger charge is -2.29. The Hall–Kier alpha value is -3.32. The number of methoxy groups -OCH3 is 1. The lowest BCUT2D eigenvalue weighted by molar-refractivity contribution is -0.115. The Labute approximate surface area is 229 Å². The summed E-state index contributed by atoms with van der Waals surface area (Å²) in [6.45, 7) is 7.43. The van der Waals surface area contributed by atoms with Gasteiger partial charge in [-0.1, -0.05) is 62.7 Å². The van der Waals surface area contributed by atoms with E-state index in [1.54, 1.807) is 7.11 Å². The Morgan fingerprint density at radius 2 is 1.82 bits per heavy atom. The highest BCUT2D eigenvalue weighted by Gasteiger charge is 2.33. The molecule has 2 heterocycles. The van der Waals surface area contributed by atoms with Crippen molar-refractivity contribution >= 4 is 17.6 Å². The van der Waals surface area contributed by atoms with E-state index in [-0.39, 0.29) is 5.91 Å². The van der Waals surface area contributed by atoms with Crippen LogP contribution in [-0.2, 0) is 16.0 Å². The Bertz CT molecular complexity index is 1100. The van der Waals surface area contributed by atoms with Gasteiger partial charge in [-0.05, 0) is 62.0 Å². The number of hydrogen-bond donors (Lipinski definition) is 1. The monoisotopic (exact) mass is 519 g/mol. The Balaban J connectivity index is 0.000000279. The number of carbonyl (C=O) groups is 1. The minimum atomic E-state index is 0.0303. The molecule has 2 aromatic rings. The Kier molecular flexibility index (Phi) is 11.2. The number of nitrogens with zero attached hydrogens (tertiary/aromatic N) is 4. The molecule has 1 unspecified atom stereocenters. The van der Waals surface area contributed by atoms with Gasteiger partial charge in [-0.25, -0.2) is 0 Å². The lowest BCUT2D eigenvalue weighted by atomic mass is 9.98. The lowest BCUT2D eigenvalue weighted by Crippen LogP contribution is -2.40. The van der Waals surface area contributed by atoms with Crippen molar-refractivity contribution in [2.45, 2.75) is 45.4 Å². The van der Waals surface area contributed by atoms with Crippen molar-refractivity contribution in [1.29, 1.82) is 0 Å². The van der Waals surface area contributed by atoms with E-state index in [1.165, 1.54) is 24.0 Å². The number of rotatable bonds is 8. The first-order chi connectivity index (χ1) is 18.4. The van der Waals surface area contributed by atoms with Crippen LogP contribution in [-0.4, -0.2) is 76.2 Å². The topological polar surface area (TPSA) is 60.4 Å². The maximum absolute atomic E-state index is 13.3. The smallest absolute Gasteiger partial charge is 0.293 e. The van der Waals surface area contributed by atoms with E-state index >= 15 is 0 Å². The number of nitrogens with one attached hydrogen (secondary N) is 1. The van der Waals surface area contributed by atoms with Crippen LogP contribution >= 0.6 is 0 Å². The van der Waals surface area contributed by atoms with E-state index < -0.39 is 0 Å². The van der Waals surface area contributed by atoms with Crippen molar-refractivity contribution in [3.05, 3.63) is 77.1 Å². The summed E-state index contributed by atoms with van der Waals surface area (Å²) in [5.41, 5.74) is 4.40. The minimum absolute atomic E-state index is 0.0303. The Morgan fingerprint density at radius 3 is 2.50 bits per heavy atom. The number of ether oxygens (including phenoxy) is 1. The van der Waals surface area contributed by atoms with Crippen LogP contribution in [0.1, 0.15) is 50.2 Å². The molecular weight excluding hydrogens is 474 g/mol. The maximum Gasteiger partial charge on any atom is 0.293 e. The predicted octanol–water partition coefficient (Wildman–Crippen LogP) is 4.87. The number of benzene rings is 2. The van der Waals surface area contributed by atoms with Gasteiger partial charge >= 0.3 is 0 Å². The number of likely N-dealkylation sites (N-methyl/N-ethyl adjacent to an activating group) is 2. The summed E-state index contributed by atoms with van der Waals surface area (Å²) in [5, 5.41) is 3.17. The quantitative estimate of drug-likeness (QED) is 0.539. The minimum Gasteiger partial charge on any atom is -0.468 e. The first-order valence-corrected chi connectivity index (χ1v) is 13.8. The molecule has 0 bridgehead atoms. The van der Waals surface area contributed by atoms with E-state index in [2.05, 4.69) is 66.6 Å². The standard InChI is InChI=1S/C20H28N4O2.C11H17N/c1-5-6-8-15-9-7-10-16(13-15)24-12-11-22(2)18-17(19(24)25)14-23(3)20(21-18)26-4;1-10(8-9-12-2)11-6-4-3-5-7-11/h7,9-10,13H,5-6,8,11-12,14H2,1-4H3;3-7,10,12H,8-9H2,1-2H3. The van der Waals surface area contributed by atoms with Crippen LogP contribution in [0.2, 0.25) is 0 Å². The molecule has 206 valence electrons. The second-order valence-corrected chi connectivity index (χ2v) is 10.1. The summed E-state index contributed by atoms with van der Waals surface area (Å²) in [4.78, 5) is 23.6. The van der Waals surface area contributed by atoms with Gasteiger partial charge in [0.05, 0.1) is 19.2 Å². The fraction of sp³-hybridized carbons (Fsp3) is 0.484. The number of carbonyl (C=O) groups excluding carboxylic acids is 1. The van der Waals surface area contributed by atoms with Gasteiger partial charge in [0.25, 0.3) is 11.9 Å². The van der Waals surface area contributed by atoms with Crippen molar-refractivity contribution in [3.63, 3.8) is 0 Å². The summed E-state index contributed by atoms with van der Waals surface area (Å²) < 4.78 is 5.33. The van der Waals surface area contributed by atoms with Gasteiger partial charge < -0.3 is 24.8 Å². The third kappa shape index (κ3) is 7.60. The van der Waals surface area contributed by atoms with E-state index in [9.17, 15) is 4.79 Å². The zero-order chi connectivity index (χ0) is 27.5. The zero-order valence-electron chi connectivity index (χ0n) is 24.0. The molecule has 1 amide bonds. The second-order valence-electron chi connectivity index (χ2n) is 10.1. The van der Waals surface area contributed by atoms with Crippen LogP contribution in [0.25, 0.3) is 0 Å². The average Bonchev–Trinajstić information content (AvgIpc) is 3.06. The molecule has 0 aliphatic carbocycles. The number of aryl methyl sites for hydroxylation is 1. The SMILES string of the molecule is CCCCc1cccc(N2CCN(C)C3=C(CN(C)C(OC)=N3)C2=O)c1.CNCCC(C)c1ccccc1. The normalized spacial score (nSPS) is 16.3. The predicted molar refractivity (Wildman–Crippen MR) is 158 cm³/mol. The summed E-state index contributed by atoms with van der Waals surface area (Å²) in [5.74, 6) is 1.41. The molecule has 0 saturated carbocycles. The van der Waals surface area contributed by atoms with Crippen molar-refractivity contribution in [1.82, 2.24) is 15.1 Å². The molecule has 0 spiro atoms. The molecular formula is C31H45N5O2. The summed E-state index contributed by atoms with van der Waals surface area (Å²) in [7, 11) is 7.47. The first-order valence-electron chi connectivity index (χ1n) is 13.8. The second kappa shape index (κ2) is 14.6. The highest BCUT2D eigenvalue weighted by molar-refractivity contribution is 6.07. The summed E-state index contributed by atoms with van der Waals surface area (Å²) in [6.07, 6.45) is 4.58. The number of anilines is 1. The van der Waals surface area contributed by atoms with Crippen LogP contribution in [0.3, 0.4) is 0 Å². The van der Waals surface area contributed by atoms with E-state index in [1.807, 2.05) is 48.0 Å².